The van der Waals surface area contributed by atoms with Crippen LogP contribution in [0.5, 0.6) is 0 Å². The number of amides is 1. The van der Waals surface area contributed by atoms with Gasteiger partial charge in [-0.1, -0.05) is 24.3 Å². The number of morpholine rings is 1. The summed E-state index contributed by atoms with van der Waals surface area (Å²) in [5, 5.41) is 0. The number of piperidine rings is 1. The summed E-state index contributed by atoms with van der Waals surface area (Å²) in [4.78, 5) is 16.7. The van der Waals surface area contributed by atoms with Crippen molar-refractivity contribution in [2.24, 2.45) is 5.92 Å². The summed E-state index contributed by atoms with van der Waals surface area (Å²) in [6.45, 7) is 7.80. The molecule has 2 heterocycles. The highest BCUT2D eigenvalue weighted by Gasteiger charge is 2.24. The van der Waals surface area contributed by atoms with Gasteiger partial charge in [-0.15, -0.1) is 0 Å². The SMILES string of the molecule is Cc1ccccc1CC[C@H]1CCCN(CC(=O)N2CCOCC2)C1. The van der Waals surface area contributed by atoms with Crippen molar-refractivity contribution < 1.29 is 9.53 Å². The van der Waals surface area contributed by atoms with Gasteiger partial charge in [0, 0.05) is 19.6 Å². The Morgan fingerprint density at radius 2 is 2.00 bits per heavy atom. The van der Waals surface area contributed by atoms with E-state index in [2.05, 4.69) is 36.1 Å². The molecule has 24 heavy (non-hydrogen) atoms. The Morgan fingerprint density at radius 1 is 1.21 bits per heavy atom. The van der Waals surface area contributed by atoms with Crippen LogP contribution in [0.2, 0.25) is 0 Å². The average Bonchev–Trinajstić information content (AvgIpc) is 2.62. The van der Waals surface area contributed by atoms with Crippen LogP contribution >= 0.6 is 0 Å². The molecule has 0 radical (unpaired) electrons. The van der Waals surface area contributed by atoms with Gasteiger partial charge in [0.05, 0.1) is 19.8 Å². The normalized spacial score (nSPS) is 22.5. The molecular weight excluding hydrogens is 300 g/mol. The number of carbonyl (C=O) groups excluding carboxylic acids is 1. The molecule has 0 unspecified atom stereocenters. The molecule has 4 heteroatoms. The summed E-state index contributed by atoms with van der Waals surface area (Å²) < 4.78 is 5.33. The van der Waals surface area contributed by atoms with Crippen LogP contribution in [0, 0.1) is 12.8 Å². The number of likely N-dealkylation sites (tertiary alicyclic amines) is 1. The highest BCUT2D eigenvalue weighted by molar-refractivity contribution is 5.78. The third-order valence-electron chi connectivity index (χ3n) is 5.41. The molecule has 0 aliphatic carbocycles. The van der Waals surface area contributed by atoms with E-state index in [0.717, 1.165) is 38.5 Å². The van der Waals surface area contributed by atoms with E-state index < -0.39 is 0 Å². The van der Waals surface area contributed by atoms with Crippen LogP contribution in [0.15, 0.2) is 24.3 Å². The Labute approximate surface area is 145 Å². The summed E-state index contributed by atoms with van der Waals surface area (Å²) in [7, 11) is 0. The Balaban J connectivity index is 1.45. The molecule has 2 saturated heterocycles. The summed E-state index contributed by atoms with van der Waals surface area (Å²) in [5.41, 5.74) is 2.87. The van der Waals surface area contributed by atoms with E-state index in [4.69, 9.17) is 4.74 Å². The maximum Gasteiger partial charge on any atom is 0.236 e. The van der Waals surface area contributed by atoms with E-state index >= 15 is 0 Å². The number of rotatable bonds is 5. The number of hydrogen-bond acceptors (Lipinski definition) is 3. The van der Waals surface area contributed by atoms with Gasteiger partial charge in [0.1, 0.15) is 0 Å². The Kier molecular flexibility index (Phi) is 6.27. The largest absolute Gasteiger partial charge is 0.378 e. The lowest BCUT2D eigenvalue weighted by Crippen LogP contribution is -2.47. The van der Waals surface area contributed by atoms with E-state index in [1.807, 2.05) is 4.90 Å². The Bertz CT molecular complexity index is 540. The lowest BCUT2D eigenvalue weighted by Gasteiger charge is -2.34. The zero-order chi connectivity index (χ0) is 16.8. The van der Waals surface area contributed by atoms with Gasteiger partial charge in [-0.25, -0.2) is 0 Å². The number of carbonyl (C=O) groups is 1. The van der Waals surface area contributed by atoms with Gasteiger partial charge < -0.3 is 9.64 Å². The van der Waals surface area contributed by atoms with Crippen molar-refractivity contribution in [3.8, 4) is 0 Å². The van der Waals surface area contributed by atoms with E-state index in [9.17, 15) is 4.79 Å². The third kappa shape index (κ3) is 4.81. The molecule has 2 aliphatic heterocycles. The quantitative estimate of drug-likeness (QED) is 0.831. The molecule has 3 rings (SSSR count). The van der Waals surface area contributed by atoms with Crippen molar-refractivity contribution in [3.63, 3.8) is 0 Å². The molecule has 0 aromatic heterocycles. The summed E-state index contributed by atoms with van der Waals surface area (Å²) in [6.07, 6.45) is 4.90. The number of benzene rings is 1. The molecule has 2 fully saturated rings. The maximum atomic E-state index is 12.4. The van der Waals surface area contributed by atoms with Gasteiger partial charge in [-0.3, -0.25) is 9.69 Å². The van der Waals surface area contributed by atoms with Crippen molar-refractivity contribution in [2.75, 3.05) is 45.9 Å². The van der Waals surface area contributed by atoms with Crippen molar-refractivity contribution in [2.45, 2.75) is 32.6 Å². The predicted molar refractivity (Wildman–Crippen MR) is 96.1 cm³/mol. The summed E-state index contributed by atoms with van der Waals surface area (Å²) >= 11 is 0. The minimum absolute atomic E-state index is 0.276. The molecule has 1 amide bonds. The first kappa shape index (κ1) is 17.4. The summed E-state index contributed by atoms with van der Waals surface area (Å²) in [5.74, 6) is 0.994. The van der Waals surface area contributed by atoms with Crippen molar-refractivity contribution in [3.05, 3.63) is 35.4 Å². The molecule has 1 aromatic carbocycles. The first-order chi connectivity index (χ1) is 11.7. The Hall–Kier alpha value is -1.39. The highest BCUT2D eigenvalue weighted by atomic mass is 16.5. The van der Waals surface area contributed by atoms with Crippen molar-refractivity contribution in [1.29, 1.82) is 0 Å². The molecule has 0 spiro atoms. The minimum atomic E-state index is 0.276. The second-order valence-corrected chi connectivity index (χ2v) is 7.20. The monoisotopic (exact) mass is 330 g/mol. The van der Waals surface area contributed by atoms with Gasteiger partial charge in [0.25, 0.3) is 0 Å². The van der Waals surface area contributed by atoms with Gasteiger partial charge >= 0.3 is 0 Å². The fourth-order valence-electron chi connectivity index (χ4n) is 3.88. The maximum absolute atomic E-state index is 12.4. The van der Waals surface area contributed by atoms with Crippen LogP contribution in [-0.2, 0) is 16.0 Å². The first-order valence-electron chi connectivity index (χ1n) is 9.35. The number of nitrogens with zero attached hydrogens (tertiary/aromatic N) is 2. The predicted octanol–water partition coefficient (Wildman–Crippen LogP) is 2.50. The molecule has 132 valence electrons. The second-order valence-electron chi connectivity index (χ2n) is 7.20. The van der Waals surface area contributed by atoms with E-state index in [0.29, 0.717) is 19.8 Å². The smallest absolute Gasteiger partial charge is 0.236 e. The minimum Gasteiger partial charge on any atom is -0.378 e. The van der Waals surface area contributed by atoms with Gasteiger partial charge in [0.2, 0.25) is 5.91 Å². The fourth-order valence-corrected chi connectivity index (χ4v) is 3.88. The molecule has 0 bridgehead atoms. The van der Waals surface area contributed by atoms with Crippen LogP contribution in [0.1, 0.15) is 30.4 Å². The lowest BCUT2D eigenvalue weighted by molar-refractivity contribution is -0.136. The van der Waals surface area contributed by atoms with Gasteiger partial charge in [-0.05, 0) is 56.2 Å². The third-order valence-corrected chi connectivity index (χ3v) is 5.41. The van der Waals surface area contributed by atoms with Crippen LogP contribution in [-0.4, -0.2) is 61.6 Å². The fraction of sp³-hybridized carbons (Fsp3) is 0.650. The Morgan fingerprint density at radius 3 is 2.79 bits per heavy atom. The van der Waals surface area contributed by atoms with E-state index in [-0.39, 0.29) is 5.91 Å². The lowest BCUT2D eigenvalue weighted by atomic mass is 9.90. The molecular formula is C20H30N2O2. The van der Waals surface area contributed by atoms with Crippen LogP contribution in [0.3, 0.4) is 0 Å². The van der Waals surface area contributed by atoms with Crippen LogP contribution in [0.4, 0.5) is 0 Å². The molecule has 1 aromatic rings. The average molecular weight is 330 g/mol. The van der Waals surface area contributed by atoms with Gasteiger partial charge in [-0.2, -0.15) is 0 Å². The summed E-state index contributed by atoms with van der Waals surface area (Å²) in [6, 6.07) is 8.69. The standard InChI is InChI=1S/C20H30N2O2/c1-17-5-2-3-7-19(17)9-8-18-6-4-10-21(15-18)16-20(23)22-11-13-24-14-12-22/h2-3,5,7,18H,4,6,8-16H2,1H3/t18-/m1/s1. The van der Waals surface area contributed by atoms with Crippen LogP contribution < -0.4 is 0 Å². The number of aryl methyl sites for hydroxylation is 2. The first-order valence-corrected chi connectivity index (χ1v) is 9.35. The van der Waals surface area contributed by atoms with Crippen molar-refractivity contribution >= 4 is 5.91 Å². The van der Waals surface area contributed by atoms with Crippen LogP contribution in [0.25, 0.3) is 0 Å². The zero-order valence-corrected chi connectivity index (χ0v) is 14.9. The zero-order valence-electron chi connectivity index (χ0n) is 14.9. The molecule has 4 nitrogen and oxygen atoms in total. The second kappa shape index (κ2) is 8.63. The topological polar surface area (TPSA) is 32.8 Å². The highest BCUT2D eigenvalue weighted by Crippen LogP contribution is 2.22. The van der Waals surface area contributed by atoms with Crippen molar-refractivity contribution in [1.82, 2.24) is 9.80 Å². The van der Waals surface area contributed by atoms with Gasteiger partial charge in [0.15, 0.2) is 0 Å². The molecule has 2 aliphatic rings. The molecule has 0 saturated carbocycles. The molecule has 0 N–H and O–H groups in total. The molecule has 1 atom stereocenters. The number of ether oxygens (including phenoxy) is 1. The van der Waals surface area contributed by atoms with E-state index in [1.165, 1.54) is 30.4 Å². The number of hydrogen-bond donors (Lipinski definition) is 0. The van der Waals surface area contributed by atoms with E-state index in [1.54, 1.807) is 0 Å².